The highest BCUT2D eigenvalue weighted by Gasteiger charge is 2.38. The number of benzene rings is 1. The van der Waals surface area contributed by atoms with Crippen molar-refractivity contribution in [3.63, 3.8) is 0 Å². The summed E-state index contributed by atoms with van der Waals surface area (Å²) in [6.07, 6.45) is 0.00600. The first-order valence-corrected chi connectivity index (χ1v) is 7.92. The van der Waals surface area contributed by atoms with Crippen LogP contribution < -0.4 is 0 Å². The molecule has 24 heavy (non-hydrogen) atoms. The van der Waals surface area contributed by atoms with E-state index in [4.69, 9.17) is 4.74 Å². The predicted molar refractivity (Wildman–Crippen MR) is 87.5 cm³/mol. The van der Waals surface area contributed by atoms with Gasteiger partial charge < -0.3 is 14.7 Å². The Morgan fingerprint density at radius 1 is 1.38 bits per heavy atom. The minimum Gasteiger partial charge on any atom is -0.467 e. The van der Waals surface area contributed by atoms with Gasteiger partial charge >= 0.3 is 5.97 Å². The smallest absolute Gasteiger partial charge is 0.328 e. The number of piperidine rings is 1. The number of aryl methyl sites for hydroxylation is 2. The average molecular weight is 331 g/mol. The number of carbonyl (C=O) groups excluding carboxylic acids is 2. The van der Waals surface area contributed by atoms with Gasteiger partial charge in [0.05, 0.1) is 18.7 Å². The first-order valence-electron chi connectivity index (χ1n) is 7.92. The van der Waals surface area contributed by atoms with Crippen molar-refractivity contribution in [2.45, 2.75) is 31.9 Å². The SMILES string of the molecule is COC(=O)[C@H]1C[C@@H](O)CCN1C(=O)c1nn(C)c2ccc(C)cc12. The number of rotatable bonds is 2. The number of hydrogen-bond donors (Lipinski definition) is 1. The number of hydrogen-bond acceptors (Lipinski definition) is 5. The number of carbonyl (C=O) groups is 2. The summed E-state index contributed by atoms with van der Waals surface area (Å²) in [5, 5.41) is 15.0. The molecule has 1 aliphatic heterocycles. The molecule has 1 amide bonds. The van der Waals surface area contributed by atoms with E-state index in [1.54, 1.807) is 11.7 Å². The lowest BCUT2D eigenvalue weighted by Crippen LogP contribution is -2.51. The second-order valence-electron chi connectivity index (χ2n) is 6.21. The summed E-state index contributed by atoms with van der Waals surface area (Å²) in [7, 11) is 3.07. The lowest BCUT2D eigenvalue weighted by molar-refractivity contribution is -0.148. The van der Waals surface area contributed by atoms with Gasteiger partial charge in [0.25, 0.3) is 5.91 Å². The highest BCUT2D eigenvalue weighted by Crippen LogP contribution is 2.25. The molecule has 2 aromatic rings. The zero-order chi connectivity index (χ0) is 17.4. The summed E-state index contributed by atoms with van der Waals surface area (Å²) in [6, 6.07) is 5.02. The van der Waals surface area contributed by atoms with Crippen molar-refractivity contribution in [2.75, 3.05) is 13.7 Å². The van der Waals surface area contributed by atoms with Crippen LogP contribution in [0.4, 0.5) is 0 Å². The summed E-state index contributed by atoms with van der Waals surface area (Å²) in [6.45, 7) is 2.25. The van der Waals surface area contributed by atoms with Crippen molar-refractivity contribution in [2.24, 2.45) is 7.05 Å². The van der Waals surface area contributed by atoms with Crippen molar-refractivity contribution < 1.29 is 19.4 Å². The number of amides is 1. The zero-order valence-electron chi connectivity index (χ0n) is 14.0. The van der Waals surface area contributed by atoms with Gasteiger partial charge in [-0.3, -0.25) is 9.48 Å². The number of fused-ring (bicyclic) bond motifs is 1. The van der Waals surface area contributed by atoms with E-state index in [0.717, 1.165) is 16.5 Å². The highest BCUT2D eigenvalue weighted by molar-refractivity contribution is 6.06. The lowest BCUT2D eigenvalue weighted by atomic mass is 9.98. The Balaban J connectivity index is 2.01. The van der Waals surface area contributed by atoms with Crippen molar-refractivity contribution >= 4 is 22.8 Å². The molecule has 1 saturated heterocycles. The van der Waals surface area contributed by atoms with Gasteiger partial charge in [-0.2, -0.15) is 5.10 Å². The molecule has 0 spiro atoms. The molecule has 0 radical (unpaired) electrons. The zero-order valence-corrected chi connectivity index (χ0v) is 14.0. The number of aliphatic hydroxyl groups excluding tert-OH is 1. The van der Waals surface area contributed by atoms with E-state index in [1.807, 2.05) is 25.1 Å². The van der Waals surface area contributed by atoms with Crippen LogP contribution in [0.3, 0.4) is 0 Å². The number of ether oxygens (including phenoxy) is 1. The fourth-order valence-electron chi connectivity index (χ4n) is 3.22. The summed E-state index contributed by atoms with van der Waals surface area (Å²) in [5.74, 6) is -0.827. The molecule has 1 fully saturated rings. The Kier molecular flexibility index (Phi) is 4.28. The molecule has 0 bridgehead atoms. The van der Waals surface area contributed by atoms with Crippen molar-refractivity contribution in [3.05, 3.63) is 29.5 Å². The van der Waals surface area contributed by atoms with Crippen LogP contribution in [0.25, 0.3) is 10.9 Å². The standard InChI is InChI=1S/C17H21N3O4/c1-10-4-5-13-12(8-10)15(18-19(13)2)16(22)20-7-6-11(21)9-14(20)17(23)24-3/h4-5,8,11,14,21H,6-7,9H2,1-3H3/t11-,14+/m0/s1. The first kappa shape index (κ1) is 16.4. The fourth-order valence-corrected chi connectivity index (χ4v) is 3.22. The van der Waals surface area contributed by atoms with E-state index >= 15 is 0 Å². The van der Waals surface area contributed by atoms with Crippen LogP contribution in [0, 0.1) is 6.92 Å². The number of esters is 1. The van der Waals surface area contributed by atoms with Crippen LogP contribution in [-0.2, 0) is 16.6 Å². The molecule has 128 valence electrons. The van der Waals surface area contributed by atoms with Gasteiger partial charge in [0.2, 0.25) is 0 Å². The minimum absolute atomic E-state index is 0.183. The predicted octanol–water partition coefficient (Wildman–Crippen LogP) is 1.02. The molecule has 0 aliphatic carbocycles. The van der Waals surface area contributed by atoms with Crippen molar-refractivity contribution in [1.82, 2.24) is 14.7 Å². The van der Waals surface area contributed by atoms with Crippen LogP contribution in [0.15, 0.2) is 18.2 Å². The number of aromatic nitrogens is 2. The molecule has 1 N–H and O–H groups in total. The van der Waals surface area contributed by atoms with Gasteiger partial charge in [0, 0.05) is 25.4 Å². The second-order valence-corrected chi connectivity index (χ2v) is 6.21. The lowest BCUT2D eigenvalue weighted by Gasteiger charge is -2.35. The number of aliphatic hydroxyl groups is 1. The third-order valence-electron chi connectivity index (χ3n) is 4.52. The average Bonchev–Trinajstić information content (AvgIpc) is 2.89. The second kappa shape index (κ2) is 6.24. The van der Waals surface area contributed by atoms with Crippen molar-refractivity contribution in [3.8, 4) is 0 Å². The van der Waals surface area contributed by atoms with Gasteiger partial charge in [-0.1, -0.05) is 11.6 Å². The van der Waals surface area contributed by atoms with Crippen LogP contribution >= 0.6 is 0 Å². The van der Waals surface area contributed by atoms with Gasteiger partial charge in [-0.05, 0) is 25.5 Å². The van der Waals surface area contributed by atoms with Crippen LogP contribution in [-0.4, -0.2) is 57.5 Å². The number of likely N-dealkylation sites (tertiary alicyclic amines) is 1. The number of nitrogens with zero attached hydrogens (tertiary/aromatic N) is 3. The normalized spacial score (nSPS) is 21.1. The summed E-state index contributed by atoms with van der Waals surface area (Å²) < 4.78 is 6.46. The Bertz CT molecular complexity index is 798. The van der Waals surface area contributed by atoms with E-state index < -0.39 is 18.1 Å². The molecular formula is C17H21N3O4. The van der Waals surface area contributed by atoms with E-state index in [0.29, 0.717) is 18.7 Å². The fraction of sp³-hybridized carbons (Fsp3) is 0.471. The Morgan fingerprint density at radius 3 is 2.83 bits per heavy atom. The van der Waals surface area contributed by atoms with Crippen LogP contribution in [0.2, 0.25) is 0 Å². The van der Waals surface area contributed by atoms with Gasteiger partial charge in [0.1, 0.15) is 6.04 Å². The maximum absolute atomic E-state index is 13.0. The van der Waals surface area contributed by atoms with Gasteiger partial charge in [0.15, 0.2) is 5.69 Å². The molecule has 1 aliphatic rings. The molecule has 0 saturated carbocycles. The molecule has 7 nitrogen and oxygen atoms in total. The summed E-state index contributed by atoms with van der Waals surface area (Å²) in [4.78, 5) is 26.5. The quantitative estimate of drug-likeness (QED) is 0.831. The molecule has 1 aromatic carbocycles. The van der Waals surface area contributed by atoms with Gasteiger partial charge in [-0.25, -0.2) is 4.79 Å². The molecule has 1 aromatic heterocycles. The topological polar surface area (TPSA) is 84.7 Å². The monoisotopic (exact) mass is 331 g/mol. The molecule has 7 heteroatoms. The third kappa shape index (κ3) is 2.75. The molecule has 2 heterocycles. The number of methoxy groups -OCH3 is 1. The van der Waals surface area contributed by atoms with E-state index in [-0.39, 0.29) is 12.3 Å². The van der Waals surface area contributed by atoms with Crippen molar-refractivity contribution in [1.29, 1.82) is 0 Å². The van der Waals surface area contributed by atoms with Gasteiger partial charge in [-0.15, -0.1) is 0 Å². The first-order chi connectivity index (χ1) is 11.4. The van der Waals surface area contributed by atoms with Crippen LogP contribution in [0.1, 0.15) is 28.9 Å². The Morgan fingerprint density at radius 2 is 2.12 bits per heavy atom. The third-order valence-corrected chi connectivity index (χ3v) is 4.52. The summed E-state index contributed by atoms with van der Waals surface area (Å²) in [5.41, 5.74) is 2.21. The summed E-state index contributed by atoms with van der Waals surface area (Å²) >= 11 is 0. The van der Waals surface area contributed by atoms with Crippen LogP contribution in [0.5, 0.6) is 0 Å². The maximum atomic E-state index is 13.0. The largest absolute Gasteiger partial charge is 0.467 e. The van der Waals surface area contributed by atoms with E-state index in [9.17, 15) is 14.7 Å². The molecule has 0 unspecified atom stereocenters. The van der Waals surface area contributed by atoms with E-state index in [1.165, 1.54) is 12.0 Å². The highest BCUT2D eigenvalue weighted by atomic mass is 16.5. The minimum atomic E-state index is -0.784. The molecule has 3 rings (SSSR count). The molecule has 2 atom stereocenters. The van der Waals surface area contributed by atoms with E-state index in [2.05, 4.69) is 5.10 Å². The molecular weight excluding hydrogens is 310 g/mol. The Labute approximate surface area is 139 Å². The maximum Gasteiger partial charge on any atom is 0.328 e. The Hall–Kier alpha value is -2.41.